The zero-order valence-corrected chi connectivity index (χ0v) is 18.8. The molecule has 1 fully saturated rings. The Balaban J connectivity index is 1.76. The molecule has 1 aromatic heterocycles. The number of oxazole rings is 1. The molecular formula is C25H28FNO3S. The molecule has 0 bridgehead atoms. The number of rotatable bonds is 6. The summed E-state index contributed by atoms with van der Waals surface area (Å²) in [5.41, 5.74) is 2.18. The van der Waals surface area contributed by atoms with E-state index in [2.05, 4.69) is 6.92 Å². The van der Waals surface area contributed by atoms with E-state index >= 15 is 0 Å². The van der Waals surface area contributed by atoms with Crippen molar-refractivity contribution in [2.75, 3.05) is 5.75 Å². The summed E-state index contributed by atoms with van der Waals surface area (Å²) in [6.45, 7) is 3.79. The van der Waals surface area contributed by atoms with Crippen LogP contribution in [0.25, 0.3) is 22.6 Å². The molecule has 0 N–H and O–H groups in total. The van der Waals surface area contributed by atoms with Crippen molar-refractivity contribution >= 4 is 9.84 Å². The molecule has 0 aliphatic heterocycles. The van der Waals surface area contributed by atoms with E-state index < -0.39 is 9.84 Å². The molecule has 0 saturated heterocycles. The number of halogens is 1. The summed E-state index contributed by atoms with van der Waals surface area (Å²) in [4.78, 5) is 5.13. The Morgan fingerprint density at radius 3 is 2.23 bits per heavy atom. The molecule has 6 heteroatoms. The molecule has 31 heavy (non-hydrogen) atoms. The zero-order valence-electron chi connectivity index (χ0n) is 18.0. The van der Waals surface area contributed by atoms with Gasteiger partial charge in [-0.1, -0.05) is 33.1 Å². The van der Waals surface area contributed by atoms with Crippen LogP contribution in [-0.2, 0) is 9.84 Å². The van der Waals surface area contributed by atoms with Gasteiger partial charge in [-0.2, -0.15) is 0 Å². The van der Waals surface area contributed by atoms with Crippen molar-refractivity contribution in [2.24, 2.45) is 5.92 Å². The Bertz CT molecular complexity index is 1130. The summed E-state index contributed by atoms with van der Waals surface area (Å²) >= 11 is 0. The summed E-state index contributed by atoms with van der Waals surface area (Å²) in [6.07, 6.45) is 6.11. The molecule has 1 saturated carbocycles. The minimum atomic E-state index is -3.27. The van der Waals surface area contributed by atoms with Crippen LogP contribution < -0.4 is 0 Å². The SMILES string of the molecule is CCS(=O)(=O)c1ccc(-c2oc(C(C)C3CCCCC3)nc2-c2ccc(F)cc2)cc1. The van der Waals surface area contributed by atoms with Crippen LogP contribution in [-0.4, -0.2) is 19.2 Å². The third-order valence-corrected chi connectivity index (χ3v) is 8.11. The van der Waals surface area contributed by atoms with Crippen molar-refractivity contribution in [1.29, 1.82) is 0 Å². The van der Waals surface area contributed by atoms with Crippen molar-refractivity contribution in [3.05, 3.63) is 60.2 Å². The van der Waals surface area contributed by atoms with Gasteiger partial charge in [0.1, 0.15) is 11.5 Å². The number of benzene rings is 2. The lowest BCUT2D eigenvalue weighted by molar-refractivity contribution is 0.284. The average molecular weight is 442 g/mol. The van der Waals surface area contributed by atoms with Gasteiger partial charge in [-0.25, -0.2) is 17.8 Å². The second kappa shape index (κ2) is 8.95. The third-order valence-electron chi connectivity index (χ3n) is 6.36. The third kappa shape index (κ3) is 4.59. The summed E-state index contributed by atoms with van der Waals surface area (Å²) in [5, 5.41) is 0. The molecule has 4 nitrogen and oxygen atoms in total. The highest BCUT2D eigenvalue weighted by atomic mass is 32.2. The summed E-state index contributed by atoms with van der Waals surface area (Å²) in [7, 11) is -3.27. The van der Waals surface area contributed by atoms with Gasteiger partial charge < -0.3 is 4.42 Å². The van der Waals surface area contributed by atoms with Crippen molar-refractivity contribution in [1.82, 2.24) is 4.98 Å². The van der Waals surface area contributed by atoms with Crippen molar-refractivity contribution in [2.45, 2.75) is 56.8 Å². The second-order valence-electron chi connectivity index (χ2n) is 8.35. The van der Waals surface area contributed by atoms with Crippen LogP contribution in [0.2, 0.25) is 0 Å². The maximum Gasteiger partial charge on any atom is 0.198 e. The van der Waals surface area contributed by atoms with E-state index in [1.807, 2.05) is 0 Å². The van der Waals surface area contributed by atoms with Crippen LogP contribution in [0.3, 0.4) is 0 Å². The normalized spacial score (nSPS) is 16.4. The molecule has 1 heterocycles. The van der Waals surface area contributed by atoms with E-state index in [-0.39, 0.29) is 22.4 Å². The second-order valence-corrected chi connectivity index (χ2v) is 10.6. The molecular weight excluding hydrogens is 413 g/mol. The van der Waals surface area contributed by atoms with Gasteiger partial charge >= 0.3 is 0 Å². The van der Waals surface area contributed by atoms with E-state index in [9.17, 15) is 12.8 Å². The Kier molecular flexibility index (Phi) is 6.28. The van der Waals surface area contributed by atoms with Crippen LogP contribution in [0.15, 0.2) is 57.8 Å². The number of aromatic nitrogens is 1. The highest BCUT2D eigenvalue weighted by Gasteiger charge is 2.27. The minimum Gasteiger partial charge on any atom is -0.440 e. The first-order chi connectivity index (χ1) is 14.9. The molecule has 1 atom stereocenters. The maximum absolute atomic E-state index is 13.5. The molecule has 164 valence electrons. The van der Waals surface area contributed by atoms with Gasteiger partial charge in [-0.05, 0) is 67.3 Å². The van der Waals surface area contributed by atoms with Gasteiger partial charge in [-0.3, -0.25) is 0 Å². The molecule has 4 rings (SSSR count). The topological polar surface area (TPSA) is 60.2 Å². The van der Waals surface area contributed by atoms with Gasteiger partial charge in [0.25, 0.3) is 0 Å². The van der Waals surface area contributed by atoms with Gasteiger partial charge in [0.2, 0.25) is 0 Å². The molecule has 1 aliphatic rings. The Labute approximate surface area is 183 Å². The first-order valence-corrected chi connectivity index (χ1v) is 12.6. The van der Waals surface area contributed by atoms with Crippen LogP contribution in [0.1, 0.15) is 57.8 Å². The van der Waals surface area contributed by atoms with Crippen molar-refractivity contribution < 1.29 is 17.2 Å². The lowest BCUT2D eigenvalue weighted by Gasteiger charge is -2.25. The van der Waals surface area contributed by atoms with Crippen LogP contribution in [0, 0.1) is 11.7 Å². The lowest BCUT2D eigenvalue weighted by Crippen LogP contribution is -2.14. The van der Waals surface area contributed by atoms with Crippen LogP contribution in [0.4, 0.5) is 4.39 Å². The Morgan fingerprint density at radius 1 is 1.00 bits per heavy atom. The maximum atomic E-state index is 13.5. The quantitative estimate of drug-likeness (QED) is 0.431. The van der Waals surface area contributed by atoms with Gasteiger partial charge in [0, 0.05) is 17.0 Å². The highest BCUT2D eigenvalue weighted by molar-refractivity contribution is 7.91. The average Bonchev–Trinajstić information content (AvgIpc) is 3.25. The first-order valence-electron chi connectivity index (χ1n) is 11.0. The van der Waals surface area contributed by atoms with Crippen LogP contribution in [0.5, 0.6) is 0 Å². The molecule has 0 amide bonds. The van der Waals surface area contributed by atoms with Gasteiger partial charge in [-0.15, -0.1) is 0 Å². The molecule has 2 aromatic carbocycles. The fraction of sp³-hybridized carbons (Fsp3) is 0.400. The molecule has 1 unspecified atom stereocenters. The fourth-order valence-electron chi connectivity index (χ4n) is 4.35. The van der Waals surface area contributed by atoms with Crippen LogP contribution >= 0.6 is 0 Å². The van der Waals surface area contributed by atoms with Gasteiger partial charge in [0.05, 0.1) is 10.6 Å². The Morgan fingerprint density at radius 2 is 1.61 bits per heavy atom. The highest BCUT2D eigenvalue weighted by Crippen LogP contribution is 2.40. The summed E-state index contributed by atoms with van der Waals surface area (Å²) in [6, 6.07) is 12.9. The number of hydrogen-bond acceptors (Lipinski definition) is 4. The number of nitrogens with zero attached hydrogens (tertiary/aromatic N) is 1. The fourth-order valence-corrected chi connectivity index (χ4v) is 5.23. The molecule has 0 radical (unpaired) electrons. The number of sulfone groups is 1. The van der Waals surface area contributed by atoms with E-state index in [1.54, 1.807) is 43.3 Å². The monoisotopic (exact) mass is 441 g/mol. The predicted molar refractivity (Wildman–Crippen MR) is 120 cm³/mol. The molecule has 0 spiro atoms. The Hall–Kier alpha value is -2.47. The van der Waals surface area contributed by atoms with E-state index in [0.29, 0.717) is 23.3 Å². The largest absolute Gasteiger partial charge is 0.440 e. The van der Waals surface area contributed by atoms with Crippen molar-refractivity contribution in [3.63, 3.8) is 0 Å². The van der Waals surface area contributed by atoms with E-state index in [0.717, 1.165) is 11.1 Å². The smallest absolute Gasteiger partial charge is 0.198 e. The zero-order chi connectivity index (χ0) is 22.0. The minimum absolute atomic E-state index is 0.0541. The van der Waals surface area contributed by atoms with Gasteiger partial charge in [0.15, 0.2) is 21.5 Å². The standard InChI is InChI=1S/C25H28FNO3S/c1-3-31(28,29)22-15-11-20(12-16-22)24-23(19-9-13-21(26)14-10-19)27-25(30-24)17(2)18-7-5-4-6-8-18/h9-18H,3-8H2,1-2H3. The molecule has 3 aromatic rings. The predicted octanol–water partition coefficient (Wildman–Crippen LogP) is 6.63. The van der Waals surface area contributed by atoms with E-state index in [4.69, 9.17) is 9.40 Å². The lowest BCUT2D eigenvalue weighted by atomic mass is 9.81. The first kappa shape index (κ1) is 21.8. The molecule has 1 aliphatic carbocycles. The number of hydrogen-bond donors (Lipinski definition) is 0. The van der Waals surface area contributed by atoms with E-state index in [1.165, 1.54) is 44.2 Å². The summed E-state index contributed by atoms with van der Waals surface area (Å²) < 4.78 is 44.1. The summed E-state index contributed by atoms with van der Waals surface area (Å²) in [5.74, 6) is 1.75. The van der Waals surface area contributed by atoms with Crippen molar-refractivity contribution in [3.8, 4) is 22.6 Å².